The van der Waals surface area contributed by atoms with Crippen LogP contribution in [-0.4, -0.2) is 0 Å². The molecule has 0 aliphatic heterocycles. The summed E-state index contributed by atoms with van der Waals surface area (Å²) in [5.41, 5.74) is -1.32. The standard InChI is InChI=1S/C21H13F3O3/c22-21(23,24)18-11-20(25)27-19-10-16(7-8-17(18)19)26-12-13-5-6-14-3-1-2-4-15(14)9-13/h1-11H,12H2. The quantitative estimate of drug-likeness (QED) is 0.444. The van der Waals surface area contributed by atoms with E-state index in [1.807, 2.05) is 42.5 Å². The van der Waals surface area contributed by atoms with Gasteiger partial charge in [-0.05, 0) is 34.5 Å². The van der Waals surface area contributed by atoms with Gasteiger partial charge in [0, 0.05) is 17.5 Å². The first-order valence-corrected chi connectivity index (χ1v) is 8.16. The highest BCUT2D eigenvalue weighted by molar-refractivity contribution is 5.83. The van der Waals surface area contributed by atoms with Crippen LogP contribution >= 0.6 is 0 Å². The number of hydrogen-bond donors (Lipinski definition) is 0. The molecule has 0 fully saturated rings. The number of halogens is 3. The van der Waals surface area contributed by atoms with Crippen LogP contribution in [0.25, 0.3) is 21.7 Å². The average molecular weight is 370 g/mol. The molecule has 0 unspecified atom stereocenters. The lowest BCUT2D eigenvalue weighted by Gasteiger charge is -2.11. The highest BCUT2D eigenvalue weighted by Gasteiger charge is 2.33. The zero-order valence-corrected chi connectivity index (χ0v) is 13.9. The number of fused-ring (bicyclic) bond motifs is 2. The Morgan fingerprint density at radius 2 is 1.67 bits per heavy atom. The lowest BCUT2D eigenvalue weighted by Crippen LogP contribution is -2.11. The van der Waals surface area contributed by atoms with E-state index >= 15 is 0 Å². The van der Waals surface area contributed by atoms with Crippen molar-refractivity contribution >= 4 is 21.7 Å². The van der Waals surface area contributed by atoms with Crippen LogP contribution in [0.5, 0.6) is 5.75 Å². The fourth-order valence-corrected chi connectivity index (χ4v) is 2.96. The molecule has 0 N–H and O–H groups in total. The number of rotatable bonds is 3. The van der Waals surface area contributed by atoms with E-state index in [0.29, 0.717) is 11.8 Å². The van der Waals surface area contributed by atoms with E-state index in [2.05, 4.69) is 0 Å². The van der Waals surface area contributed by atoms with E-state index in [4.69, 9.17) is 9.15 Å². The first-order chi connectivity index (χ1) is 12.9. The molecule has 0 aliphatic rings. The molecule has 3 aromatic carbocycles. The Balaban J connectivity index is 1.63. The maximum atomic E-state index is 13.1. The second-order valence-corrected chi connectivity index (χ2v) is 6.11. The van der Waals surface area contributed by atoms with Gasteiger partial charge in [0.05, 0.1) is 5.56 Å². The summed E-state index contributed by atoms with van der Waals surface area (Å²) in [5, 5.41) is 1.99. The molecule has 27 heavy (non-hydrogen) atoms. The Kier molecular flexibility index (Phi) is 4.11. The molecule has 0 radical (unpaired) electrons. The average Bonchev–Trinajstić information content (AvgIpc) is 2.64. The molecular weight excluding hydrogens is 357 g/mol. The van der Waals surface area contributed by atoms with Gasteiger partial charge in [0.25, 0.3) is 0 Å². The van der Waals surface area contributed by atoms with Crippen LogP contribution < -0.4 is 10.4 Å². The van der Waals surface area contributed by atoms with Crippen LogP contribution in [0.4, 0.5) is 13.2 Å². The summed E-state index contributed by atoms with van der Waals surface area (Å²) in [6.45, 7) is 0.236. The van der Waals surface area contributed by atoms with Crippen molar-refractivity contribution < 1.29 is 22.3 Å². The molecule has 4 aromatic rings. The zero-order valence-electron chi connectivity index (χ0n) is 13.9. The minimum atomic E-state index is -4.64. The van der Waals surface area contributed by atoms with Gasteiger partial charge < -0.3 is 9.15 Å². The second-order valence-electron chi connectivity index (χ2n) is 6.11. The van der Waals surface area contributed by atoms with Gasteiger partial charge in [-0.25, -0.2) is 4.79 Å². The third kappa shape index (κ3) is 3.51. The fourth-order valence-electron chi connectivity index (χ4n) is 2.96. The van der Waals surface area contributed by atoms with Crippen molar-refractivity contribution in [2.45, 2.75) is 12.8 Å². The van der Waals surface area contributed by atoms with Crippen LogP contribution in [0.1, 0.15) is 11.1 Å². The van der Waals surface area contributed by atoms with E-state index in [0.717, 1.165) is 16.3 Å². The Morgan fingerprint density at radius 3 is 2.44 bits per heavy atom. The van der Waals surface area contributed by atoms with E-state index in [9.17, 15) is 18.0 Å². The van der Waals surface area contributed by atoms with Gasteiger partial charge in [0.1, 0.15) is 17.9 Å². The van der Waals surface area contributed by atoms with Crippen molar-refractivity contribution in [3.63, 3.8) is 0 Å². The van der Waals surface area contributed by atoms with Crippen LogP contribution in [0, 0.1) is 0 Å². The van der Waals surface area contributed by atoms with Gasteiger partial charge in [0.2, 0.25) is 0 Å². The van der Waals surface area contributed by atoms with Crippen LogP contribution in [0.2, 0.25) is 0 Å². The first kappa shape index (κ1) is 17.1. The monoisotopic (exact) mass is 370 g/mol. The van der Waals surface area contributed by atoms with E-state index < -0.39 is 17.4 Å². The number of hydrogen-bond acceptors (Lipinski definition) is 3. The molecule has 4 rings (SSSR count). The van der Waals surface area contributed by atoms with Crippen molar-refractivity contribution in [3.05, 3.63) is 88.3 Å². The Bertz CT molecular complexity index is 1190. The van der Waals surface area contributed by atoms with E-state index in [-0.39, 0.29) is 17.6 Å². The van der Waals surface area contributed by atoms with Gasteiger partial charge in [-0.1, -0.05) is 36.4 Å². The molecule has 136 valence electrons. The summed E-state index contributed by atoms with van der Waals surface area (Å²) in [6, 6.07) is 18.2. The normalized spacial score (nSPS) is 11.8. The van der Waals surface area contributed by atoms with Gasteiger partial charge in [0.15, 0.2) is 0 Å². The molecule has 6 heteroatoms. The maximum Gasteiger partial charge on any atom is 0.417 e. The topological polar surface area (TPSA) is 39.4 Å². The number of alkyl halides is 3. The zero-order chi connectivity index (χ0) is 19.0. The Morgan fingerprint density at radius 1 is 0.889 bits per heavy atom. The van der Waals surface area contributed by atoms with Crippen molar-refractivity contribution in [2.75, 3.05) is 0 Å². The van der Waals surface area contributed by atoms with Crippen LogP contribution in [-0.2, 0) is 12.8 Å². The molecule has 3 nitrogen and oxygen atoms in total. The highest BCUT2D eigenvalue weighted by Crippen LogP contribution is 2.35. The maximum absolute atomic E-state index is 13.1. The Labute approximate surface area is 151 Å². The third-order valence-corrected chi connectivity index (χ3v) is 4.24. The second kappa shape index (κ2) is 6.46. The minimum Gasteiger partial charge on any atom is -0.489 e. The molecular formula is C21H13F3O3. The van der Waals surface area contributed by atoms with Crippen molar-refractivity contribution in [1.82, 2.24) is 0 Å². The summed E-state index contributed by atoms with van der Waals surface area (Å²) in [6.07, 6.45) is -4.64. The molecule has 0 bridgehead atoms. The van der Waals surface area contributed by atoms with Crippen LogP contribution in [0.3, 0.4) is 0 Å². The molecule has 1 heterocycles. The van der Waals surface area contributed by atoms with E-state index in [1.54, 1.807) is 0 Å². The lowest BCUT2D eigenvalue weighted by molar-refractivity contribution is -0.136. The first-order valence-electron chi connectivity index (χ1n) is 8.16. The smallest absolute Gasteiger partial charge is 0.417 e. The molecule has 0 spiro atoms. The SMILES string of the molecule is O=c1cc(C(F)(F)F)c2ccc(OCc3ccc4ccccc4c3)cc2o1. The largest absolute Gasteiger partial charge is 0.489 e. The predicted molar refractivity (Wildman–Crippen MR) is 95.8 cm³/mol. The van der Waals surface area contributed by atoms with Gasteiger partial charge >= 0.3 is 11.8 Å². The summed E-state index contributed by atoms with van der Waals surface area (Å²) < 4.78 is 49.8. The number of benzene rings is 3. The van der Waals surface area contributed by atoms with Crippen molar-refractivity contribution in [2.24, 2.45) is 0 Å². The summed E-state index contributed by atoms with van der Waals surface area (Å²) in [4.78, 5) is 11.5. The summed E-state index contributed by atoms with van der Waals surface area (Å²) in [7, 11) is 0. The minimum absolute atomic E-state index is 0.161. The molecule has 0 atom stereocenters. The van der Waals surface area contributed by atoms with Gasteiger partial charge in [-0.2, -0.15) is 13.2 Å². The molecule has 0 saturated heterocycles. The van der Waals surface area contributed by atoms with Crippen molar-refractivity contribution in [1.29, 1.82) is 0 Å². The fraction of sp³-hybridized carbons (Fsp3) is 0.0952. The molecule has 0 amide bonds. The molecule has 0 aliphatic carbocycles. The third-order valence-electron chi connectivity index (χ3n) is 4.24. The van der Waals surface area contributed by atoms with Crippen LogP contribution in [0.15, 0.2) is 75.9 Å². The lowest BCUT2D eigenvalue weighted by atomic mass is 10.1. The van der Waals surface area contributed by atoms with Gasteiger partial charge in [-0.3, -0.25) is 0 Å². The highest BCUT2D eigenvalue weighted by atomic mass is 19.4. The van der Waals surface area contributed by atoms with E-state index in [1.165, 1.54) is 18.2 Å². The van der Waals surface area contributed by atoms with Gasteiger partial charge in [-0.15, -0.1) is 0 Å². The molecule has 0 saturated carbocycles. The summed E-state index contributed by atoms with van der Waals surface area (Å²) >= 11 is 0. The predicted octanol–water partition coefficient (Wildman–Crippen LogP) is 5.54. The van der Waals surface area contributed by atoms with Crippen molar-refractivity contribution in [3.8, 4) is 5.75 Å². The Hall–Kier alpha value is -3.28. The summed E-state index contributed by atoms with van der Waals surface area (Å²) in [5.74, 6) is 0.318. The molecule has 1 aromatic heterocycles. The number of ether oxygens (including phenoxy) is 1.